The maximum absolute atomic E-state index is 6.04. The SMILES string of the molecule is COc1cccc2c(Nc3cccc(Cl)c3)cc(C)nc12. The van der Waals surface area contributed by atoms with Crippen molar-refractivity contribution in [3.8, 4) is 5.75 Å². The van der Waals surface area contributed by atoms with Crippen LogP contribution in [0.1, 0.15) is 5.69 Å². The number of pyridine rings is 1. The van der Waals surface area contributed by atoms with Crippen molar-refractivity contribution in [1.82, 2.24) is 4.98 Å². The highest BCUT2D eigenvalue weighted by atomic mass is 35.5. The van der Waals surface area contributed by atoms with E-state index in [1.807, 2.05) is 55.5 Å². The molecule has 0 atom stereocenters. The first-order valence-corrected chi connectivity index (χ1v) is 7.02. The summed E-state index contributed by atoms with van der Waals surface area (Å²) in [5, 5.41) is 5.12. The highest BCUT2D eigenvalue weighted by Gasteiger charge is 2.08. The summed E-state index contributed by atoms with van der Waals surface area (Å²) in [5.74, 6) is 0.769. The Morgan fingerprint density at radius 1 is 1.10 bits per heavy atom. The summed E-state index contributed by atoms with van der Waals surface area (Å²) in [6, 6.07) is 15.6. The fraction of sp³-hybridized carbons (Fsp3) is 0.118. The Morgan fingerprint density at radius 2 is 1.90 bits per heavy atom. The molecule has 3 rings (SSSR count). The Morgan fingerprint density at radius 3 is 2.67 bits per heavy atom. The van der Waals surface area contributed by atoms with Crippen LogP contribution in [0.25, 0.3) is 10.9 Å². The summed E-state index contributed by atoms with van der Waals surface area (Å²) in [4.78, 5) is 4.58. The van der Waals surface area contributed by atoms with E-state index in [0.717, 1.165) is 33.7 Å². The molecule has 21 heavy (non-hydrogen) atoms. The number of fused-ring (bicyclic) bond motifs is 1. The molecule has 3 aromatic rings. The van der Waals surface area contributed by atoms with Crippen LogP contribution in [0.5, 0.6) is 5.75 Å². The molecule has 1 heterocycles. The highest BCUT2D eigenvalue weighted by molar-refractivity contribution is 6.30. The number of benzene rings is 2. The molecular formula is C17H15ClN2O. The number of hydrogen-bond donors (Lipinski definition) is 1. The van der Waals surface area contributed by atoms with Gasteiger partial charge in [0, 0.05) is 27.5 Å². The summed E-state index contributed by atoms with van der Waals surface area (Å²) in [6.45, 7) is 1.97. The van der Waals surface area contributed by atoms with E-state index in [9.17, 15) is 0 Å². The van der Waals surface area contributed by atoms with Gasteiger partial charge in [-0.3, -0.25) is 0 Å². The van der Waals surface area contributed by atoms with Crippen LogP contribution in [0, 0.1) is 6.92 Å². The number of methoxy groups -OCH3 is 1. The van der Waals surface area contributed by atoms with Gasteiger partial charge in [-0.1, -0.05) is 29.8 Å². The Hall–Kier alpha value is -2.26. The molecule has 0 saturated heterocycles. The number of para-hydroxylation sites is 1. The fourth-order valence-corrected chi connectivity index (χ4v) is 2.53. The molecule has 4 heteroatoms. The van der Waals surface area contributed by atoms with Gasteiger partial charge in [0.15, 0.2) is 0 Å². The number of aromatic nitrogens is 1. The highest BCUT2D eigenvalue weighted by Crippen LogP contribution is 2.32. The van der Waals surface area contributed by atoms with Gasteiger partial charge in [-0.25, -0.2) is 4.98 Å². The van der Waals surface area contributed by atoms with E-state index in [1.165, 1.54) is 0 Å². The lowest BCUT2D eigenvalue weighted by molar-refractivity contribution is 0.419. The summed E-state index contributed by atoms with van der Waals surface area (Å²) >= 11 is 6.04. The Labute approximate surface area is 128 Å². The molecule has 0 spiro atoms. The van der Waals surface area contributed by atoms with E-state index in [1.54, 1.807) is 7.11 Å². The molecule has 0 aliphatic carbocycles. The van der Waals surface area contributed by atoms with Crippen molar-refractivity contribution in [3.05, 3.63) is 59.2 Å². The Bertz CT molecular complexity index is 802. The molecule has 0 aliphatic heterocycles. The van der Waals surface area contributed by atoms with Gasteiger partial charge in [-0.15, -0.1) is 0 Å². The smallest absolute Gasteiger partial charge is 0.145 e. The van der Waals surface area contributed by atoms with Crippen LogP contribution >= 0.6 is 11.6 Å². The van der Waals surface area contributed by atoms with Crippen molar-refractivity contribution in [1.29, 1.82) is 0 Å². The van der Waals surface area contributed by atoms with E-state index in [-0.39, 0.29) is 0 Å². The van der Waals surface area contributed by atoms with Crippen LogP contribution in [-0.2, 0) is 0 Å². The number of nitrogens with one attached hydrogen (secondary N) is 1. The van der Waals surface area contributed by atoms with Crippen LogP contribution < -0.4 is 10.1 Å². The van der Waals surface area contributed by atoms with Crippen LogP contribution in [0.3, 0.4) is 0 Å². The fourth-order valence-electron chi connectivity index (χ4n) is 2.34. The van der Waals surface area contributed by atoms with Crippen molar-refractivity contribution in [2.24, 2.45) is 0 Å². The van der Waals surface area contributed by atoms with E-state index >= 15 is 0 Å². The van der Waals surface area contributed by atoms with Crippen LogP contribution in [-0.4, -0.2) is 12.1 Å². The normalized spacial score (nSPS) is 10.6. The second-order valence-corrected chi connectivity index (χ2v) is 5.24. The van der Waals surface area contributed by atoms with Gasteiger partial charge in [-0.05, 0) is 37.3 Å². The van der Waals surface area contributed by atoms with Crippen LogP contribution in [0.4, 0.5) is 11.4 Å². The van der Waals surface area contributed by atoms with Gasteiger partial charge in [0.05, 0.1) is 7.11 Å². The zero-order valence-corrected chi connectivity index (χ0v) is 12.6. The lowest BCUT2D eigenvalue weighted by Crippen LogP contribution is -1.96. The van der Waals surface area contributed by atoms with Crippen molar-refractivity contribution in [3.63, 3.8) is 0 Å². The minimum Gasteiger partial charge on any atom is -0.494 e. The monoisotopic (exact) mass is 298 g/mol. The third-order valence-corrected chi connectivity index (χ3v) is 3.49. The van der Waals surface area contributed by atoms with Crippen molar-refractivity contribution in [2.75, 3.05) is 12.4 Å². The van der Waals surface area contributed by atoms with Gasteiger partial charge in [0.1, 0.15) is 11.3 Å². The largest absolute Gasteiger partial charge is 0.494 e. The predicted molar refractivity (Wildman–Crippen MR) is 87.8 cm³/mol. The minimum atomic E-state index is 0.702. The van der Waals surface area contributed by atoms with Crippen molar-refractivity contribution < 1.29 is 4.74 Å². The van der Waals surface area contributed by atoms with E-state index in [0.29, 0.717) is 5.02 Å². The quantitative estimate of drug-likeness (QED) is 0.743. The molecule has 2 aromatic carbocycles. The number of rotatable bonds is 3. The molecule has 0 unspecified atom stereocenters. The lowest BCUT2D eigenvalue weighted by atomic mass is 10.1. The second kappa shape index (κ2) is 5.62. The van der Waals surface area contributed by atoms with E-state index in [2.05, 4.69) is 10.3 Å². The average Bonchev–Trinajstić information content (AvgIpc) is 2.46. The molecule has 0 bridgehead atoms. The first kappa shape index (κ1) is 13.7. The molecule has 0 aliphatic rings. The van der Waals surface area contributed by atoms with Gasteiger partial charge < -0.3 is 10.1 Å². The summed E-state index contributed by atoms with van der Waals surface area (Å²) in [6.07, 6.45) is 0. The zero-order chi connectivity index (χ0) is 14.8. The number of halogens is 1. The predicted octanol–water partition coefficient (Wildman–Crippen LogP) is 4.95. The molecule has 1 aromatic heterocycles. The number of hydrogen-bond acceptors (Lipinski definition) is 3. The standard InChI is InChI=1S/C17H15ClN2O/c1-11-9-15(20-13-6-3-5-12(18)10-13)14-7-4-8-16(21-2)17(14)19-11/h3-10H,1-2H3,(H,19,20). The van der Waals surface area contributed by atoms with Gasteiger partial charge >= 0.3 is 0 Å². The Kier molecular flexibility index (Phi) is 3.67. The second-order valence-electron chi connectivity index (χ2n) is 4.80. The third-order valence-electron chi connectivity index (χ3n) is 3.25. The first-order valence-electron chi connectivity index (χ1n) is 6.64. The van der Waals surface area contributed by atoms with Gasteiger partial charge in [0.2, 0.25) is 0 Å². The molecule has 1 N–H and O–H groups in total. The number of ether oxygens (including phenoxy) is 1. The topological polar surface area (TPSA) is 34.1 Å². The van der Waals surface area contributed by atoms with Crippen molar-refractivity contribution >= 4 is 33.9 Å². The molecule has 0 radical (unpaired) electrons. The van der Waals surface area contributed by atoms with Crippen LogP contribution in [0.2, 0.25) is 5.02 Å². The summed E-state index contributed by atoms with van der Waals surface area (Å²) in [7, 11) is 1.66. The maximum Gasteiger partial charge on any atom is 0.145 e. The maximum atomic E-state index is 6.04. The minimum absolute atomic E-state index is 0.702. The number of nitrogens with zero attached hydrogens (tertiary/aromatic N) is 1. The van der Waals surface area contributed by atoms with E-state index < -0.39 is 0 Å². The first-order chi connectivity index (χ1) is 10.2. The number of aryl methyl sites for hydroxylation is 1. The zero-order valence-electron chi connectivity index (χ0n) is 11.9. The lowest BCUT2D eigenvalue weighted by Gasteiger charge is -2.13. The molecule has 106 valence electrons. The van der Waals surface area contributed by atoms with Gasteiger partial charge in [-0.2, -0.15) is 0 Å². The van der Waals surface area contributed by atoms with E-state index in [4.69, 9.17) is 16.3 Å². The third kappa shape index (κ3) is 2.78. The molecule has 0 fully saturated rings. The molecule has 0 saturated carbocycles. The molecule has 0 amide bonds. The van der Waals surface area contributed by atoms with Gasteiger partial charge in [0.25, 0.3) is 0 Å². The van der Waals surface area contributed by atoms with Crippen LogP contribution in [0.15, 0.2) is 48.5 Å². The number of anilines is 2. The molecule has 3 nitrogen and oxygen atoms in total. The summed E-state index contributed by atoms with van der Waals surface area (Å²) in [5.41, 5.74) is 3.71. The molecular weight excluding hydrogens is 284 g/mol. The summed E-state index contributed by atoms with van der Waals surface area (Å²) < 4.78 is 5.40. The van der Waals surface area contributed by atoms with Crippen molar-refractivity contribution in [2.45, 2.75) is 6.92 Å². The Balaban J connectivity index is 2.14. The average molecular weight is 299 g/mol.